The van der Waals surface area contributed by atoms with Crippen molar-refractivity contribution in [1.82, 2.24) is 10.2 Å². The van der Waals surface area contributed by atoms with Crippen LogP contribution in [0.2, 0.25) is 0 Å². The highest BCUT2D eigenvalue weighted by atomic mass is 31.3. The average molecular weight is 540 g/mol. The van der Waals surface area contributed by atoms with Gasteiger partial charge >= 0.3 is 24.7 Å². The van der Waals surface area contributed by atoms with Gasteiger partial charge in [-0.3, -0.25) is 14.1 Å². The fraction of sp³-hybridized carbons (Fsp3) is 0.667. The lowest BCUT2D eigenvalue weighted by molar-refractivity contribution is -0.184. The number of carbonyl (C=O) groups excluding carboxylic acids is 2. The minimum Gasteiger partial charge on any atom is -0.388 e. The largest absolute Gasteiger partial charge is 0.760 e. The molecule has 33 heavy (non-hydrogen) atoms. The molecule has 0 bridgehead atoms. The van der Waals surface area contributed by atoms with E-state index in [2.05, 4.69) is 33.4 Å². The predicted molar refractivity (Wildman–Crippen MR) is 104 cm³/mol. The highest BCUT2D eigenvalue weighted by molar-refractivity contribution is 7.58. The van der Waals surface area contributed by atoms with Crippen molar-refractivity contribution in [2.75, 3.05) is 20.7 Å². The average Bonchev–Trinajstić information content (AvgIpc) is 3.08. The number of rotatable bonds is 13. The van der Waals surface area contributed by atoms with Crippen molar-refractivity contribution in [1.29, 1.82) is 0 Å². The summed E-state index contributed by atoms with van der Waals surface area (Å²) in [5.41, 5.74) is -0.255. The fourth-order valence-corrected chi connectivity index (χ4v) is 4.14. The zero-order chi connectivity index (χ0) is 25.3. The van der Waals surface area contributed by atoms with Gasteiger partial charge in [0.05, 0.1) is 21.5 Å². The van der Waals surface area contributed by atoms with Gasteiger partial charge in [0.15, 0.2) is 6.04 Å². The summed E-state index contributed by atoms with van der Waals surface area (Å²) in [6, 6.07) is -1.57. The molecule has 0 aromatic carbocycles. The maximum Gasteiger partial charge on any atom is 0.760 e. The first-order chi connectivity index (χ1) is 15.4. The van der Waals surface area contributed by atoms with Gasteiger partial charge < -0.3 is 29.8 Å². The second kappa shape index (κ2) is 13.5. The van der Waals surface area contributed by atoms with Crippen molar-refractivity contribution in [2.45, 2.75) is 31.3 Å². The number of likely N-dealkylation sites (N-methyl/N-ethyl adjacent to an activating group) is 1. The molecule has 1 aliphatic heterocycles. The van der Waals surface area contributed by atoms with Crippen molar-refractivity contribution < 1.29 is 66.5 Å². The summed E-state index contributed by atoms with van der Waals surface area (Å²) in [5, 5.41) is 23.3. The molecule has 18 nitrogen and oxygen atoms in total. The molecule has 188 valence electrons. The molecule has 5 N–H and O–H groups in total. The monoisotopic (exact) mass is 540 g/mol. The molecule has 0 aliphatic carbocycles. The van der Waals surface area contributed by atoms with Gasteiger partial charge in [-0.25, -0.2) is 14.1 Å². The Bertz CT molecular complexity index is 812. The molecule has 0 aromatic heterocycles. The quantitative estimate of drug-likeness (QED) is 0.0667. The van der Waals surface area contributed by atoms with Crippen LogP contribution in [0.4, 0.5) is 0 Å². The van der Waals surface area contributed by atoms with E-state index in [0.29, 0.717) is 0 Å². The van der Waals surface area contributed by atoms with E-state index >= 15 is 0 Å². The molecule has 0 radical (unpaired) electrons. The minimum atomic E-state index is -5.10. The van der Waals surface area contributed by atoms with Crippen LogP contribution in [0, 0.1) is 4.91 Å². The summed E-state index contributed by atoms with van der Waals surface area (Å²) in [6.45, 7) is 0.298. The Labute approximate surface area is 187 Å². The molecule has 1 fully saturated rings. The van der Waals surface area contributed by atoms with Gasteiger partial charge in [0.1, 0.15) is 18.3 Å². The number of nitroso groups, excluding NO2 is 1. The first-order valence-corrected chi connectivity index (χ1v) is 12.2. The first-order valence-electron chi connectivity index (χ1n) is 8.49. The van der Waals surface area contributed by atoms with Crippen molar-refractivity contribution in [3.63, 3.8) is 0 Å². The topological polar surface area (TPSA) is 249 Å². The summed E-state index contributed by atoms with van der Waals surface area (Å²) in [4.78, 5) is 54.9. The number of hydrogen-bond acceptors (Lipinski definition) is 15. The van der Waals surface area contributed by atoms with E-state index in [-0.39, 0.29) is 5.57 Å². The van der Waals surface area contributed by atoms with Crippen LogP contribution < -0.4 is 5.32 Å². The lowest BCUT2D eigenvalue weighted by Crippen LogP contribution is -2.37. The zero-order valence-electron chi connectivity index (χ0n) is 17.1. The molecule has 0 aromatic rings. The van der Waals surface area contributed by atoms with Crippen molar-refractivity contribution >= 4 is 36.5 Å². The van der Waals surface area contributed by atoms with Crippen LogP contribution in [0.3, 0.4) is 0 Å². The molecule has 0 spiro atoms. The molecule has 1 rings (SSSR count). The number of phosphoric ester groups is 1. The molecule has 21 heteroatoms. The van der Waals surface area contributed by atoms with Gasteiger partial charge in [-0.05, 0) is 0 Å². The molecule has 0 saturated carbocycles. The number of ether oxygens (including phenoxy) is 1. The maximum absolute atomic E-state index is 12.2. The highest BCUT2D eigenvalue weighted by Crippen LogP contribution is 2.56. The number of carbonyl (C=O) groups is 2. The van der Waals surface area contributed by atoms with Gasteiger partial charge in [-0.15, -0.1) is 4.67 Å². The van der Waals surface area contributed by atoms with Gasteiger partial charge in [-0.1, -0.05) is 5.18 Å². The van der Waals surface area contributed by atoms with Gasteiger partial charge in [-0.2, -0.15) is 4.91 Å². The van der Waals surface area contributed by atoms with Gasteiger partial charge in [0.2, 0.25) is 5.91 Å². The SMILES string of the molecule is CNC(=O)/C(=C\N(C)C(C)=O)C1OC(COP(=O)(O)OP(O)OO[P+](=O)OO)C(O)C1N=O. The highest BCUT2D eigenvalue weighted by Gasteiger charge is 2.49. The second-order valence-corrected chi connectivity index (χ2v) is 9.25. The van der Waals surface area contributed by atoms with E-state index in [4.69, 9.17) is 9.99 Å². The molecule has 7 unspecified atom stereocenters. The number of hydrogen-bond donors (Lipinski definition) is 5. The Morgan fingerprint density at radius 2 is 2.06 bits per heavy atom. The number of nitrogens with one attached hydrogen (secondary N) is 1. The summed E-state index contributed by atoms with van der Waals surface area (Å²) >= 11 is 0. The van der Waals surface area contributed by atoms with Gasteiger partial charge in [0.25, 0.3) is 5.91 Å². The number of aliphatic hydroxyl groups is 1. The Morgan fingerprint density at radius 1 is 1.42 bits per heavy atom. The van der Waals surface area contributed by atoms with E-state index in [9.17, 15) is 38.5 Å². The van der Waals surface area contributed by atoms with Crippen LogP contribution in [0.5, 0.6) is 0 Å². The van der Waals surface area contributed by atoms with E-state index in [0.717, 1.165) is 11.1 Å². The third kappa shape index (κ3) is 9.07. The standard InChI is InChI=1S/C12H20N3O15P3/c1-6(16)15(3)4-7(12(18)13-2)11-9(14-19)10(17)8(26-11)5-25-33(23,24)30-32(22)29-28-31(21)27-20/h4,8-11,17,22H,5H2,1-3H3,(H2-,13,18,20,23,24)/p+1/b7-4-. The van der Waals surface area contributed by atoms with E-state index in [1.165, 1.54) is 21.0 Å². The third-order valence-electron chi connectivity index (χ3n) is 3.91. The Hall–Kier alpha value is -1.36. The molecule has 1 heterocycles. The molecular weight excluding hydrogens is 519 g/mol. The van der Waals surface area contributed by atoms with Crippen LogP contribution in [-0.2, 0) is 46.3 Å². The van der Waals surface area contributed by atoms with Crippen molar-refractivity contribution in [3.05, 3.63) is 16.7 Å². The summed E-state index contributed by atoms with van der Waals surface area (Å²) in [7, 11) is -9.04. The molecule has 1 saturated heterocycles. The Balaban J connectivity index is 2.90. The van der Waals surface area contributed by atoms with E-state index in [1.54, 1.807) is 0 Å². The maximum atomic E-state index is 12.2. The summed E-state index contributed by atoms with van der Waals surface area (Å²) < 4.78 is 47.5. The van der Waals surface area contributed by atoms with Crippen LogP contribution in [0.15, 0.2) is 16.9 Å². The lowest BCUT2D eigenvalue weighted by Gasteiger charge is -2.20. The number of phosphoric acid groups is 1. The predicted octanol–water partition coefficient (Wildman–Crippen LogP) is -0.194. The normalized spacial score (nSPS) is 26.3. The van der Waals surface area contributed by atoms with Crippen molar-refractivity contribution in [2.24, 2.45) is 5.18 Å². The Kier molecular flexibility index (Phi) is 12.1. The number of nitrogens with zero attached hydrogens (tertiary/aromatic N) is 2. The minimum absolute atomic E-state index is 0.255. The van der Waals surface area contributed by atoms with Crippen LogP contribution in [-0.4, -0.2) is 81.9 Å². The third-order valence-corrected chi connectivity index (χ3v) is 6.42. The first kappa shape index (κ1) is 29.7. The molecule has 7 atom stereocenters. The van der Waals surface area contributed by atoms with E-state index in [1.807, 2.05) is 0 Å². The van der Waals surface area contributed by atoms with Crippen LogP contribution in [0.25, 0.3) is 0 Å². The molecular formula is C12H21N3O15P3+. The lowest BCUT2D eigenvalue weighted by atomic mass is 9.99. The molecule has 1 aliphatic rings. The number of aliphatic hydroxyl groups excluding tert-OH is 1. The fourth-order valence-electron chi connectivity index (χ4n) is 2.33. The zero-order valence-corrected chi connectivity index (χ0v) is 19.8. The van der Waals surface area contributed by atoms with Gasteiger partial charge in [0, 0.05) is 31.8 Å². The summed E-state index contributed by atoms with van der Waals surface area (Å²) in [6.07, 6.45) is -3.61. The second-order valence-electron chi connectivity index (χ2n) is 6.01. The smallest absolute Gasteiger partial charge is 0.388 e. The van der Waals surface area contributed by atoms with Crippen LogP contribution >= 0.6 is 24.7 Å². The Morgan fingerprint density at radius 3 is 2.58 bits per heavy atom. The van der Waals surface area contributed by atoms with Crippen molar-refractivity contribution in [3.8, 4) is 0 Å². The van der Waals surface area contributed by atoms with Crippen LogP contribution in [0.1, 0.15) is 6.92 Å². The van der Waals surface area contributed by atoms with E-state index < -0.39 is 67.5 Å². The summed E-state index contributed by atoms with van der Waals surface area (Å²) in [5.74, 6) is -1.23. The number of amides is 2. The molecule has 2 amide bonds.